The number of rotatable bonds is 4. The number of fused-ring (bicyclic) bond motifs is 1. The van der Waals surface area contributed by atoms with Gasteiger partial charge >= 0.3 is 12.6 Å². The van der Waals surface area contributed by atoms with Gasteiger partial charge in [-0.15, -0.1) is 10.2 Å². The van der Waals surface area contributed by atoms with Gasteiger partial charge in [-0.2, -0.15) is 22.0 Å². The summed E-state index contributed by atoms with van der Waals surface area (Å²) in [6.07, 6.45) is -3.51. The Kier molecular flexibility index (Phi) is 4.33. The smallest absolute Gasteiger partial charge is 0.415 e. The highest BCUT2D eigenvalue weighted by atomic mass is 19.4. The van der Waals surface area contributed by atoms with Crippen LogP contribution in [0.1, 0.15) is 29.1 Å². The Morgan fingerprint density at radius 3 is 2.43 bits per heavy atom. The van der Waals surface area contributed by atoms with Crippen LogP contribution in [0.5, 0.6) is 0 Å². The van der Waals surface area contributed by atoms with E-state index < -0.39 is 24.1 Å². The topological polar surface area (TPSA) is 56.2 Å². The molecule has 0 spiro atoms. The maximum atomic E-state index is 12.6. The quantitative estimate of drug-likeness (QED) is 0.461. The van der Waals surface area contributed by atoms with Gasteiger partial charge in [-0.3, -0.25) is 0 Å². The van der Waals surface area contributed by atoms with E-state index in [1.54, 1.807) is 28.9 Å². The number of alkyl halides is 5. The average Bonchev–Trinajstić information content (AvgIpc) is 3.27. The van der Waals surface area contributed by atoms with Gasteiger partial charge in [-0.25, -0.2) is 4.98 Å². The summed E-state index contributed by atoms with van der Waals surface area (Å²) in [5.41, 5.74) is 1.54. The highest BCUT2D eigenvalue weighted by Gasteiger charge is 2.29. The summed E-state index contributed by atoms with van der Waals surface area (Å²) in [7, 11) is 0. The Balaban J connectivity index is 1.57. The number of aromatic nitrogens is 4. The molecule has 0 saturated heterocycles. The third-order valence-corrected chi connectivity index (χ3v) is 4.05. The van der Waals surface area contributed by atoms with Crippen LogP contribution in [0.4, 0.5) is 22.0 Å². The number of nitrogens with zero attached hydrogens (tertiary/aromatic N) is 4. The van der Waals surface area contributed by atoms with Gasteiger partial charge in [0.25, 0.3) is 5.89 Å². The maximum Gasteiger partial charge on any atom is 0.416 e. The fourth-order valence-electron chi connectivity index (χ4n) is 2.71. The normalized spacial score (nSPS) is 12.2. The first-order valence-corrected chi connectivity index (χ1v) is 8.05. The number of halogens is 5. The van der Waals surface area contributed by atoms with Crippen molar-refractivity contribution in [1.82, 2.24) is 19.6 Å². The molecule has 0 fully saturated rings. The first-order chi connectivity index (χ1) is 13.3. The van der Waals surface area contributed by atoms with Gasteiger partial charge in [-0.1, -0.05) is 12.1 Å². The molecule has 0 aliphatic carbocycles. The fraction of sp³-hybridized carbons (Fsp3) is 0.167. The molecule has 3 aromatic heterocycles. The molecular weight excluding hydrogens is 383 g/mol. The summed E-state index contributed by atoms with van der Waals surface area (Å²) in [6, 6.07) is 8.07. The molecule has 28 heavy (non-hydrogen) atoms. The Bertz CT molecular complexity index is 1120. The number of benzene rings is 1. The number of hydrogen-bond donors (Lipinski definition) is 0. The molecule has 0 atom stereocenters. The Morgan fingerprint density at radius 1 is 1.04 bits per heavy atom. The van der Waals surface area contributed by atoms with E-state index >= 15 is 0 Å². The van der Waals surface area contributed by atoms with E-state index in [2.05, 4.69) is 15.2 Å². The molecule has 0 aliphatic rings. The second-order valence-corrected chi connectivity index (χ2v) is 6.03. The second kappa shape index (κ2) is 6.70. The largest absolute Gasteiger partial charge is 0.416 e. The highest BCUT2D eigenvalue weighted by molar-refractivity contribution is 5.60. The van der Waals surface area contributed by atoms with Crippen molar-refractivity contribution in [2.75, 3.05) is 0 Å². The molecule has 0 radical (unpaired) electrons. The first-order valence-electron chi connectivity index (χ1n) is 8.05. The highest BCUT2D eigenvalue weighted by Crippen LogP contribution is 2.29. The number of pyridine rings is 1. The molecule has 0 saturated carbocycles. The lowest BCUT2D eigenvalue weighted by Crippen LogP contribution is -2.04. The van der Waals surface area contributed by atoms with Crippen LogP contribution in [0, 0.1) is 0 Å². The molecular formula is C18H11F5N4O. The molecule has 4 rings (SSSR count). The van der Waals surface area contributed by atoms with Gasteiger partial charge in [0, 0.05) is 24.4 Å². The summed E-state index contributed by atoms with van der Waals surface area (Å²) in [6.45, 7) is 0. The summed E-state index contributed by atoms with van der Waals surface area (Å²) in [4.78, 5) is 4.41. The van der Waals surface area contributed by atoms with Crippen molar-refractivity contribution < 1.29 is 26.4 Å². The van der Waals surface area contributed by atoms with Crippen molar-refractivity contribution in [3.63, 3.8) is 0 Å². The number of hydrogen-bond acceptors (Lipinski definition) is 4. The zero-order valence-electron chi connectivity index (χ0n) is 14.0. The Labute approximate surface area is 154 Å². The molecule has 1 aromatic carbocycles. The third kappa shape index (κ3) is 3.57. The van der Waals surface area contributed by atoms with Crippen LogP contribution >= 0.6 is 0 Å². The zero-order valence-corrected chi connectivity index (χ0v) is 14.0. The van der Waals surface area contributed by atoms with E-state index in [4.69, 9.17) is 4.42 Å². The van der Waals surface area contributed by atoms with E-state index in [-0.39, 0.29) is 5.89 Å². The van der Waals surface area contributed by atoms with Gasteiger partial charge in [0.05, 0.1) is 11.3 Å². The summed E-state index contributed by atoms with van der Waals surface area (Å²) >= 11 is 0. The predicted molar refractivity (Wildman–Crippen MR) is 87.7 cm³/mol. The lowest BCUT2D eigenvalue weighted by Gasteiger charge is -2.06. The SMILES string of the molecule is FC(F)c1nnc(-c2ccn3cc(Cc4ccc(C(F)(F)F)cc4)nc3c2)o1. The second-order valence-electron chi connectivity index (χ2n) is 6.03. The monoisotopic (exact) mass is 394 g/mol. The third-order valence-electron chi connectivity index (χ3n) is 4.05. The first kappa shape index (κ1) is 18.1. The molecule has 10 heteroatoms. The molecule has 0 aliphatic heterocycles. The average molecular weight is 394 g/mol. The molecule has 144 valence electrons. The molecule has 3 heterocycles. The van der Waals surface area contributed by atoms with Crippen LogP contribution in [0.15, 0.2) is 53.2 Å². The predicted octanol–water partition coefficient (Wildman–Crippen LogP) is 4.93. The van der Waals surface area contributed by atoms with Crippen molar-refractivity contribution in [2.24, 2.45) is 0 Å². The standard InChI is InChI=1S/C18H11F5N4O/c19-15(20)17-26-25-16(28-17)11-5-6-27-9-13(24-14(27)8-11)7-10-1-3-12(4-2-10)18(21,22)23/h1-6,8-9,15H,7H2. The minimum absolute atomic E-state index is 0.0508. The van der Waals surface area contributed by atoms with Crippen LogP contribution < -0.4 is 0 Å². The lowest BCUT2D eigenvalue weighted by atomic mass is 10.1. The van der Waals surface area contributed by atoms with Gasteiger partial charge < -0.3 is 8.82 Å². The number of imidazole rings is 1. The van der Waals surface area contributed by atoms with Gasteiger partial charge in [0.15, 0.2) is 0 Å². The van der Waals surface area contributed by atoms with Crippen molar-refractivity contribution in [3.8, 4) is 11.5 Å². The van der Waals surface area contributed by atoms with E-state index in [1.165, 1.54) is 12.1 Å². The Hall–Kier alpha value is -3.30. The summed E-state index contributed by atoms with van der Waals surface area (Å²) in [5, 5.41) is 6.88. The van der Waals surface area contributed by atoms with Crippen LogP contribution in [0.2, 0.25) is 0 Å². The zero-order chi connectivity index (χ0) is 19.9. The minimum atomic E-state index is -4.38. The van der Waals surface area contributed by atoms with Crippen molar-refractivity contribution in [2.45, 2.75) is 19.0 Å². The van der Waals surface area contributed by atoms with E-state index in [0.717, 1.165) is 12.1 Å². The lowest BCUT2D eigenvalue weighted by molar-refractivity contribution is -0.137. The van der Waals surface area contributed by atoms with Gasteiger partial charge in [-0.05, 0) is 29.8 Å². The molecule has 0 amide bonds. The molecule has 0 N–H and O–H groups in total. The van der Waals surface area contributed by atoms with Gasteiger partial charge in [0.2, 0.25) is 5.89 Å². The molecule has 0 bridgehead atoms. The summed E-state index contributed by atoms with van der Waals surface area (Å²) in [5.74, 6) is -0.814. The molecule has 0 unspecified atom stereocenters. The van der Waals surface area contributed by atoms with Crippen molar-refractivity contribution >= 4 is 5.65 Å². The van der Waals surface area contributed by atoms with E-state index in [0.29, 0.717) is 28.9 Å². The van der Waals surface area contributed by atoms with Crippen LogP contribution in [-0.4, -0.2) is 19.6 Å². The Morgan fingerprint density at radius 2 is 1.79 bits per heavy atom. The van der Waals surface area contributed by atoms with Crippen molar-refractivity contribution in [1.29, 1.82) is 0 Å². The van der Waals surface area contributed by atoms with Gasteiger partial charge in [0.1, 0.15) is 5.65 Å². The molecule has 4 aromatic rings. The van der Waals surface area contributed by atoms with Crippen LogP contribution in [0.25, 0.3) is 17.1 Å². The van der Waals surface area contributed by atoms with E-state index in [1.807, 2.05) is 0 Å². The van der Waals surface area contributed by atoms with Crippen LogP contribution in [-0.2, 0) is 12.6 Å². The van der Waals surface area contributed by atoms with E-state index in [9.17, 15) is 22.0 Å². The van der Waals surface area contributed by atoms with Crippen LogP contribution in [0.3, 0.4) is 0 Å². The summed E-state index contributed by atoms with van der Waals surface area (Å²) < 4.78 is 69.7. The minimum Gasteiger partial charge on any atom is -0.415 e. The maximum absolute atomic E-state index is 12.6. The fourth-order valence-corrected chi connectivity index (χ4v) is 2.71. The van der Waals surface area contributed by atoms with Crippen molar-refractivity contribution in [3.05, 3.63) is 71.5 Å². The molecule has 5 nitrogen and oxygen atoms in total.